The molecule has 0 saturated carbocycles. The molecule has 1 aliphatic rings. The first-order valence-electron chi connectivity index (χ1n) is 8.50. The van der Waals surface area contributed by atoms with Crippen molar-refractivity contribution in [2.75, 3.05) is 24.5 Å². The lowest BCUT2D eigenvalue weighted by Crippen LogP contribution is -2.52. The van der Waals surface area contributed by atoms with Crippen LogP contribution in [0.4, 0.5) is 5.82 Å². The molecule has 1 aromatic carbocycles. The minimum Gasteiger partial charge on any atom is -0.354 e. The van der Waals surface area contributed by atoms with Crippen LogP contribution in [0.1, 0.15) is 16.8 Å². The number of carbonyl (C=O) groups excluding carboxylic acids is 1. The van der Waals surface area contributed by atoms with Gasteiger partial charge in [0.05, 0.1) is 15.9 Å². The highest BCUT2D eigenvalue weighted by Crippen LogP contribution is 2.33. The molecule has 9 heteroatoms. The molecule has 1 amide bonds. The van der Waals surface area contributed by atoms with Crippen LogP contribution in [0.15, 0.2) is 36.8 Å². The summed E-state index contributed by atoms with van der Waals surface area (Å²) in [4.78, 5) is 26.0. The summed E-state index contributed by atoms with van der Waals surface area (Å²) in [5.41, 5.74) is 7.17. The quantitative estimate of drug-likeness (QED) is 0.620. The van der Waals surface area contributed by atoms with E-state index < -0.39 is 5.54 Å². The number of fused-ring (bicyclic) bond motifs is 1. The number of hydrogen-bond donors (Lipinski definition) is 3. The fourth-order valence-electron chi connectivity index (χ4n) is 3.36. The Morgan fingerprint density at radius 3 is 3.04 bits per heavy atom. The highest BCUT2D eigenvalue weighted by molar-refractivity contribution is 6.36. The van der Waals surface area contributed by atoms with Gasteiger partial charge >= 0.3 is 0 Å². The topological polar surface area (TPSA) is 99.9 Å². The maximum atomic E-state index is 12.4. The van der Waals surface area contributed by atoms with Crippen molar-refractivity contribution >= 4 is 46.0 Å². The van der Waals surface area contributed by atoms with Gasteiger partial charge in [-0.3, -0.25) is 4.79 Å². The Bertz CT molecular complexity index is 1010. The lowest BCUT2D eigenvalue weighted by atomic mass is 10.00. The van der Waals surface area contributed by atoms with Gasteiger partial charge < -0.3 is 20.9 Å². The number of amides is 1. The molecule has 1 saturated heterocycles. The Morgan fingerprint density at radius 1 is 1.37 bits per heavy atom. The molecule has 3 heterocycles. The third kappa shape index (κ3) is 3.58. The molecule has 7 nitrogen and oxygen atoms in total. The Morgan fingerprint density at radius 2 is 2.22 bits per heavy atom. The van der Waals surface area contributed by atoms with Crippen LogP contribution in [0.5, 0.6) is 0 Å². The average Bonchev–Trinajstić information content (AvgIpc) is 3.24. The minimum absolute atomic E-state index is 0.195. The van der Waals surface area contributed by atoms with Crippen molar-refractivity contribution in [2.45, 2.75) is 12.0 Å². The standard InChI is InChI=1S/C18H18Cl2N6O/c19-12-3-1-2-11(6-12)17(27)23-8-18(21)4-5-26(9-18)16-14-13(20)7-22-15(14)24-10-25-16/h1-3,6-7,10H,4-5,8-9,21H2,(H,23,27)(H,22,24,25)/t18-/m0/s1. The molecule has 3 aromatic rings. The SMILES string of the molecule is N[C@]1(CNC(=O)c2cccc(Cl)c2)CCN(c2ncnc3[nH]cc(Cl)c23)C1. The van der Waals surface area contributed by atoms with Crippen LogP contribution < -0.4 is 16.0 Å². The van der Waals surface area contributed by atoms with Crippen LogP contribution in [0.3, 0.4) is 0 Å². The predicted octanol–water partition coefficient (Wildman–Crippen LogP) is 2.60. The van der Waals surface area contributed by atoms with Crippen molar-refractivity contribution < 1.29 is 4.79 Å². The Balaban J connectivity index is 1.46. The molecule has 0 unspecified atom stereocenters. The zero-order valence-electron chi connectivity index (χ0n) is 14.4. The maximum absolute atomic E-state index is 12.4. The van der Waals surface area contributed by atoms with Crippen LogP contribution >= 0.6 is 23.2 Å². The summed E-state index contributed by atoms with van der Waals surface area (Å²) in [5.74, 6) is 0.554. The van der Waals surface area contributed by atoms with E-state index in [9.17, 15) is 4.79 Å². The number of hydrogen-bond acceptors (Lipinski definition) is 5. The summed E-state index contributed by atoms with van der Waals surface area (Å²) in [6, 6.07) is 6.82. The van der Waals surface area contributed by atoms with E-state index in [4.69, 9.17) is 28.9 Å². The predicted molar refractivity (Wildman–Crippen MR) is 106 cm³/mol. The molecular weight excluding hydrogens is 387 g/mol. The van der Waals surface area contributed by atoms with Crippen molar-refractivity contribution in [2.24, 2.45) is 5.73 Å². The Hall–Kier alpha value is -2.35. The molecule has 1 atom stereocenters. The monoisotopic (exact) mass is 404 g/mol. The van der Waals surface area contributed by atoms with Gasteiger partial charge in [-0.15, -0.1) is 0 Å². The van der Waals surface area contributed by atoms with Crippen LogP contribution in [0, 0.1) is 0 Å². The first kappa shape index (κ1) is 18.0. The third-order valence-corrected chi connectivity index (χ3v) is 5.31. The summed E-state index contributed by atoms with van der Waals surface area (Å²) >= 11 is 12.2. The zero-order valence-corrected chi connectivity index (χ0v) is 15.9. The van der Waals surface area contributed by atoms with E-state index in [1.54, 1.807) is 30.5 Å². The van der Waals surface area contributed by atoms with Gasteiger partial charge in [-0.05, 0) is 24.6 Å². The number of aromatic amines is 1. The van der Waals surface area contributed by atoms with Gasteiger partial charge in [-0.25, -0.2) is 9.97 Å². The number of benzene rings is 1. The van der Waals surface area contributed by atoms with Crippen LogP contribution in [0.25, 0.3) is 11.0 Å². The summed E-state index contributed by atoms with van der Waals surface area (Å²) < 4.78 is 0. The fraction of sp³-hybridized carbons (Fsp3) is 0.278. The number of halogens is 2. The lowest BCUT2D eigenvalue weighted by Gasteiger charge is -2.25. The number of rotatable bonds is 4. The number of anilines is 1. The molecule has 1 aliphatic heterocycles. The van der Waals surface area contributed by atoms with Gasteiger partial charge in [0.15, 0.2) is 0 Å². The van der Waals surface area contributed by atoms with Crippen molar-refractivity contribution in [3.63, 3.8) is 0 Å². The Labute approximate surface area is 165 Å². The molecule has 0 bridgehead atoms. The molecule has 2 aromatic heterocycles. The molecule has 1 fully saturated rings. The number of H-pyrrole nitrogens is 1. The van der Waals surface area contributed by atoms with E-state index in [0.29, 0.717) is 34.3 Å². The summed E-state index contributed by atoms with van der Waals surface area (Å²) in [5, 5.41) is 4.79. The van der Waals surface area contributed by atoms with Gasteiger partial charge in [0.2, 0.25) is 0 Å². The average molecular weight is 405 g/mol. The van der Waals surface area contributed by atoms with E-state index in [2.05, 4.69) is 25.2 Å². The van der Waals surface area contributed by atoms with E-state index in [0.717, 1.165) is 24.2 Å². The van der Waals surface area contributed by atoms with E-state index >= 15 is 0 Å². The summed E-state index contributed by atoms with van der Waals surface area (Å²) in [7, 11) is 0. The third-order valence-electron chi connectivity index (χ3n) is 4.77. The molecule has 0 radical (unpaired) electrons. The van der Waals surface area contributed by atoms with Crippen LogP contribution in [-0.2, 0) is 0 Å². The van der Waals surface area contributed by atoms with Gasteiger partial charge in [-0.1, -0.05) is 29.3 Å². The first-order valence-corrected chi connectivity index (χ1v) is 9.26. The molecule has 0 spiro atoms. The van der Waals surface area contributed by atoms with Gasteiger partial charge in [0.1, 0.15) is 17.8 Å². The number of nitrogens with two attached hydrogens (primary N) is 1. The minimum atomic E-state index is -0.561. The molecule has 4 N–H and O–H groups in total. The van der Waals surface area contributed by atoms with Crippen LogP contribution in [-0.4, -0.2) is 46.0 Å². The number of aromatic nitrogens is 3. The van der Waals surface area contributed by atoms with Crippen molar-refractivity contribution in [3.8, 4) is 0 Å². The molecule has 27 heavy (non-hydrogen) atoms. The maximum Gasteiger partial charge on any atom is 0.251 e. The smallest absolute Gasteiger partial charge is 0.251 e. The van der Waals surface area contributed by atoms with Crippen molar-refractivity contribution in [3.05, 3.63) is 52.4 Å². The Kier molecular flexibility index (Phi) is 4.67. The first-order chi connectivity index (χ1) is 13.0. The van der Waals surface area contributed by atoms with E-state index in [1.807, 2.05) is 0 Å². The van der Waals surface area contributed by atoms with E-state index in [-0.39, 0.29) is 5.91 Å². The summed E-state index contributed by atoms with van der Waals surface area (Å²) in [6.45, 7) is 1.62. The largest absolute Gasteiger partial charge is 0.354 e. The molecular formula is C18H18Cl2N6O. The van der Waals surface area contributed by atoms with Gasteiger partial charge in [-0.2, -0.15) is 0 Å². The second-order valence-corrected chi connectivity index (χ2v) is 7.63. The lowest BCUT2D eigenvalue weighted by molar-refractivity contribution is 0.0945. The van der Waals surface area contributed by atoms with Gasteiger partial charge in [0, 0.05) is 36.4 Å². The highest BCUT2D eigenvalue weighted by atomic mass is 35.5. The zero-order chi connectivity index (χ0) is 19.0. The van der Waals surface area contributed by atoms with Gasteiger partial charge in [0.25, 0.3) is 5.91 Å². The van der Waals surface area contributed by atoms with E-state index in [1.165, 1.54) is 6.33 Å². The highest BCUT2D eigenvalue weighted by Gasteiger charge is 2.36. The van der Waals surface area contributed by atoms with Crippen molar-refractivity contribution in [1.29, 1.82) is 0 Å². The molecule has 4 rings (SSSR count). The number of carbonyl (C=O) groups is 1. The second kappa shape index (κ2) is 6.99. The summed E-state index contributed by atoms with van der Waals surface area (Å²) in [6.07, 6.45) is 3.92. The molecule has 140 valence electrons. The van der Waals surface area contributed by atoms with Crippen molar-refractivity contribution in [1.82, 2.24) is 20.3 Å². The number of nitrogens with zero attached hydrogens (tertiary/aromatic N) is 3. The second-order valence-electron chi connectivity index (χ2n) is 6.78. The number of nitrogens with one attached hydrogen (secondary N) is 2. The fourth-order valence-corrected chi connectivity index (χ4v) is 3.78. The normalized spacial score (nSPS) is 19.6. The molecule has 0 aliphatic carbocycles. The van der Waals surface area contributed by atoms with Crippen LogP contribution in [0.2, 0.25) is 10.0 Å².